The van der Waals surface area contributed by atoms with Crippen molar-refractivity contribution in [2.24, 2.45) is 0 Å². The molecule has 0 amide bonds. The van der Waals surface area contributed by atoms with Crippen LogP contribution in [0.1, 0.15) is 32.8 Å². The molecular weight excluding hydrogens is 274 g/mol. The number of hydrogen-bond acceptors (Lipinski definition) is 4. The SMILES string of the molecule is CNC(CCO)CS(=O)(=O)c1ccc(C(C)(C)C)cc1. The number of benzene rings is 1. The number of rotatable bonds is 6. The van der Waals surface area contributed by atoms with Crippen molar-refractivity contribution in [2.75, 3.05) is 19.4 Å². The zero-order valence-corrected chi connectivity index (χ0v) is 13.5. The molecule has 1 aromatic rings. The normalized spacial score (nSPS) is 14.2. The molecule has 1 rings (SSSR count). The number of sulfone groups is 1. The third-order valence-corrected chi connectivity index (χ3v) is 5.22. The Kier molecular flexibility index (Phi) is 5.74. The fraction of sp³-hybridized carbons (Fsp3) is 0.600. The van der Waals surface area contributed by atoms with E-state index in [1.165, 1.54) is 0 Å². The molecule has 0 bridgehead atoms. The van der Waals surface area contributed by atoms with Gasteiger partial charge in [-0.05, 0) is 36.6 Å². The Morgan fingerprint density at radius 1 is 1.20 bits per heavy atom. The van der Waals surface area contributed by atoms with Crippen LogP contribution in [0, 0.1) is 0 Å². The van der Waals surface area contributed by atoms with Crippen LogP contribution in [0.3, 0.4) is 0 Å². The minimum absolute atomic E-state index is 0.00107. The van der Waals surface area contributed by atoms with Crippen molar-refractivity contribution in [3.05, 3.63) is 29.8 Å². The van der Waals surface area contributed by atoms with Gasteiger partial charge in [0.1, 0.15) is 0 Å². The van der Waals surface area contributed by atoms with Gasteiger partial charge in [-0.3, -0.25) is 0 Å². The van der Waals surface area contributed by atoms with E-state index in [2.05, 4.69) is 26.1 Å². The zero-order valence-electron chi connectivity index (χ0n) is 12.7. The second-order valence-electron chi connectivity index (χ2n) is 6.05. The number of nitrogens with one attached hydrogen (secondary N) is 1. The highest BCUT2D eigenvalue weighted by Gasteiger charge is 2.21. The highest BCUT2D eigenvalue weighted by molar-refractivity contribution is 7.91. The Morgan fingerprint density at radius 2 is 1.75 bits per heavy atom. The standard InChI is InChI=1S/C15H25NO3S/c1-15(2,3)12-5-7-14(8-6-12)20(18,19)11-13(16-4)9-10-17/h5-8,13,16-17H,9-11H2,1-4H3. The molecule has 1 aromatic carbocycles. The summed E-state index contributed by atoms with van der Waals surface area (Å²) in [6.45, 7) is 6.25. The highest BCUT2D eigenvalue weighted by Crippen LogP contribution is 2.24. The van der Waals surface area contributed by atoms with Crippen LogP contribution < -0.4 is 5.32 Å². The molecule has 1 atom stereocenters. The molecule has 0 aliphatic heterocycles. The van der Waals surface area contributed by atoms with E-state index in [1.807, 2.05) is 12.1 Å². The maximum Gasteiger partial charge on any atom is 0.179 e. The molecule has 0 aromatic heterocycles. The summed E-state index contributed by atoms with van der Waals surface area (Å²) in [5, 5.41) is 11.9. The molecule has 0 aliphatic rings. The predicted molar refractivity (Wildman–Crippen MR) is 81.7 cm³/mol. The molecule has 114 valence electrons. The lowest BCUT2D eigenvalue weighted by Gasteiger charge is -2.19. The molecule has 2 N–H and O–H groups in total. The van der Waals surface area contributed by atoms with Crippen LogP contribution in [0.2, 0.25) is 0 Å². The maximum atomic E-state index is 12.3. The molecule has 0 spiro atoms. The number of aliphatic hydroxyl groups is 1. The second kappa shape index (κ2) is 6.70. The van der Waals surface area contributed by atoms with Crippen LogP contribution >= 0.6 is 0 Å². The van der Waals surface area contributed by atoms with Crippen LogP contribution in [-0.4, -0.2) is 39.0 Å². The van der Waals surface area contributed by atoms with Crippen LogP contribution in [0.15, 0.2) is 29.2 Å². The summed E-state index contributed by atoms with van der Waals surface area (Å²) in [6.07, 6.45) is 0.426. The fourth-order valence-electron chi connectivity index (χ4n) is 1.99. The van der Waals surface area contributed by atoms with E-state index in [0.717, 1.165) is 5.56 Å². The summed E-state index contributed by atoms with van der Waals surface area (Å²) in [5.74, 6) is -0.00107. The first kappa shape index (κ1) is 17.1. The van der Waals surface area contributed by atoms with Crippen molar-refractivity contribution in [3.8, 4) is 0 Å². The summed E-state index contributed by atoms with van der Waals surface area (Å²) in [6, 6.07) is 6.84. The van der Waals surface area contributed by atoms with Gasteiger partial charge in [0.15, 0.2) is 9.84 Å². The molecule has 0 radical (unpaired) electrons. The van der Waals surface area contributed by atoms with Gasteiger partial charge in [0, 0.05) is 12.6 Å². The molecule has 0 saturated carbocycles. The smallest absolute Gasteiger partial charge is 0.179 e. The topological polar surface area (TPSA) is 66.4 Å². The lowest BCUT2D eigenvalue weighted by molar-refractivity contribution is 0.272. The third-order valence-electron chi connectivity index (χ3n) is 3.39. The largest absolute Gasteiger partial charge is 0.396 e. The quantitative estimate of drug-likeness (QED) is 0.839. The van der Waals surface area contributed by atoms with E-state index in [1.54, 1.807) is 19.2 Å². The van der Waals surface area contributed by atoms with Gasteiger partial charge in [0.05, 0.1) is 10.6 Å². The molecular formula is C15H25NO3S. The van der Waals surface area contributed by atoms with Crippen molar-refractivity contribution in [3.63, 3.8) is 0 Å². The molecule has 5 heteroatoms. The minimum Gasteiger partial charge on any atom is -0.396 e. The van der Waals surface area contributed by atoms with Gasteiger partial charge < -0.3 is 10.4 Å². The Labute approximate surface area is 122 Å². The van der Waals surface area contributed by atoms with Crippen LogP contribution in [0.4, 0.5) is 0 Å². The van der Waals surface area contributed by atoms with E-state index in [0.29, 0.717) is 11.3 Å². The molecule has 20 heavy (non-hydrogen) atoms. The predicted octanol–water partition coefficient (Wildman–Crippen LogP) is 1.73. The summed E-state index contributed by atoms with van der Waals surface area (Å²) in [5.41, 5.74) is 1.11. The van der Waals surface area contributed by atoms with Gasteiger partial charge in [-0.1, -0.05) is 32.9 Å². The minimum atomic E-state index is -3.33. The van der Waals surface area contributed by atoms with Gasteiger partial charge >= 0.3 is 0 Å². The van der Waals surface area contributed by atoms with Crippen LogP contribution in [0.5, 0.6) is 0 Å². The Hall–Kier alpha value is -0.910. The van der Waals surface area contributed by atoms with Gasteiger partial charge in [0.2, 0.25) is 0 Å². The molecule has 0 heterocycles. The van der Waals surface area contributed by atoms with E-state index in [-0.39, 0.29) is 23.8 Å². The summed E-state index contributed by atoms with van der Waals surface area (Å²) >= 11 is 0. The Morgan fingerprint density at radius 3 is 2.15 bits per heavy atom. The molecule has 0 fully saturated rings. The monoisotopic (exact) mass is 299 g/mol. The maximum absolute atomic E-state index is 12.3. The van der Waals surface area contributed by atoms with E-state index < -0.39 is 9.84 Å². The van der Waals surface area contributed by atoms with E-state index in [4.69, 9.17) is 5.11 Å². The zero-order chi connectivity index (χ0) is 15.4. The van der Waals surface area contributed by atoms with Crippen LogP contribution in [-0.2, 0) is 15.3 Å². The van der Waals surface area contributed by atoms with Crippen molar-refractivity contribution in [1.82, 2.24) is 5.32 Å². The van der Waals surface area contributed by atoms with E-state index in [9.17, 15) is 8.42 Å². The van der Waals surface area contributed by atoms with Gasteiger partial charge in [-0.15, -0.1) is 0 Å². The molecule has 4 nitrogen and oxygen atoms in total. The molecule has 0 aliphatic carbocycles. The Balaban J connectivity index is 2.93. The molecule has 1 unspecified atom stereocenters. The van der Waals surface area contributed by atoms with Gasteiger partial charge in [0.25, 0.3) is 0 Å². The van der Waals surface area contributed by atoms with E-state index >= 15 is 0 Å². The van der Waals surface area contributed by atoms with Crippen molar-refractivity contribution < 1.29 is 13.5 Å². The summed E-state index contributed by atoms with van der Waals surface area (Å²) in [7, 11) is -1.62. The van der Waals surface area contributed by atoms with Gasteiger partial charge in [-0.25, -0.2) is 8.42 Å². The third kappa shape index (κ3) is 4.58. The lowest BCUT2D eigenvalue weighted by atomic mass is 9.87. The first-order chi connectivity index (χ1) is 9.20. The first-order valence-corrected chi connectivity index (χ1v) is 8.47. The van der Waals surface area contributed by atoms with Gasteiger partial charge in [-0.2, -0.15) is 0 Å². The lowest BCUT2D eigenvalue weighted by Crippen LogP contribution is -2.33. The summed E-state index contributed by atoms with van der Waals surface area (Å²) < 4.78 is 24.6. The van der Waals surface area contributed by atoms with Crippen molar-refractivity contribution >= 4 is 9.84 Å². The average Bonchev–Trinajstić information content (AvgIpc) is 2.37. The first-order valence-electron chi connectivity index (χ1n) is 6.82. The van der Waals surface area contributed by atoms with Crippen molar-refractivity contribution in [2.45, 2.75) is 43.5 Å². The average molecular weight is 299 g/mol. The number of hydrogen-bond donors (Lipinski definition) is 2. The Bertz CT molecular complexity index is 515. The van der Waals surface area contributed by atoms with Crippen LogP contribution in [0.25, 0.3) is 0 Å². The summed E-state index contributed by atoms with van der Waals surface area (Å²) in [4.78, 5) is 0.337. The molecule has 0 saturated heterocycles. The fourth-order valence-corrected chi connectivity index (χ4v) is 3.60. The number of aliphatic hydroxyl groups excluding tert-OH is 1. The van der Waals surface area contributed by atoms with Crippen molar-refractivity contribution in [1.29, 1.82) is 0 Å². The highest BCUT2D eigenvalue weighted by atomic mass is 32.2. The second-order valence-corrected chi connectivity index (χ2v) is 8.09.